The molecule has 0 heterocycles. The van der Waals surface area contributed by atoms with Gasteiger partial charge in [-0.1, -0.05) is 0 Å². The molecule has 1 unspecified atom stereocenters. The summed E-state index contributed by atoms with van der Waals surface area (Å²) in [5.74, 6) is -3.20. The number of carboxylic acids is 1. The summed E-state index contributed by atoms with van der Waals surface area (Å²) < 4.78 is 25.5. The van der Waals surface area contributed by atoms with Gasteiger partial charge in [-0.3, -0.25) is 4.79 Å². The predicted octanol–water partition coefficient (Wildman–Crippen LogP) is -1.79. The summed E-state index contributed by atoms with van der Waals surface area (Å²) in [7, 11) is -4.15. The Hall–Kier alpha value is -2.17. The van der Waals surface area contributed by atoms with E-state index in [4.69, 9.17) is 15.9 Å². The third-order valence-electron chi connectivity index (χ3n) is 2.30. The molecule has 1 rings (SSSR count). The molecular weight excluding hydrogens is 292 g/mol. The Balaban J connectivity index is 3.01. The number of aromatic carboxylic acids is 1. The van der Waals surface area contributed by atoms with Gasteiger partial charge in [-0.15, -0.1) is 0 Å². The molecule has 0 bridgehead atoms. The van der Waals surface area contributed by atoms with E-state index in [2.05, 4.69) is 0 Å². The van der Waals surface area contributed by atoms with Gasteiger partial charge in [0.25, 0.3) is 0 Å². The number of benzene rings is 1. The van der Waals surface area contributed by atoms with Crippen LogP contribution in [-0.2, 0) is 14.8 Å². The summed E-state index contributed by atoms with van der Waals surface area (Å²) >= 11 is 0. The van der Waals surface area contributed by atoms with Crippen LogP contribution in [-0.4, -0.2) is 48.3 Å². The normalized spacial score (nSPS) is 12.8. The first kappa shape index (κ1) is 15.9. The van der Waals surface area contributed by atoms with Gasteiger partial charge >= 0.3 is 5.97 Å². The number of nitrogens with two attached hydrogens (primary N) is 1. The number of sulfonamides is 1. The molecule has 0 aliphatic carbocycles. The Morgan fingerprint density at radius 1 is 1.35 bits per heavy atom. The number of hydrogen-bond donors (Lipinski definition) is 5. The van der Waals surface area contributed by atoms with E-state index in [0.29, 0.717) is 0 Å². The van der Waals surface area contributed by atoms with Gasteiger partial charge in [0, 0.05) is 6.54 Å². The number of carbonyl (C=O) groups is 2. The molecule has 0 saturated carbocycles. The minimum absolute atomic E-state index is 0.440. The van der Waals surface area contributed by atoms with Crippen LogP contribution < -0.4 is 10.5 Å². The lowest BCUT2D eigenvalue weighted by Crippen LogP contribution is -2.39. The van der Waals surface area contributed by atoms with Crippen LogP contribution in [0.5, 0.6) is 5.75 Å². The highest BCUT2D eigenvalue weighted by Crippen LogP contribution is 2.21. The number of aliphatic hydroxyl groups excluding tert-OH is 1. The Bertz CT molecular complexity index is 641. The Morgan fingerprint density at radius 2 is 1.95 bits per heavy atom. The van der Waals surface area contributed by atoms with Crippen LogP contribution in [0.25, 0.3) is 0 Å². The van der Waals surface area contributed by atoms with Crippen LogP contribution in [0.3, 0.4) is 0 Å². The number of hydrogen-bond acceptors (Lipinski definition) is 6. The second kappa shape index (κ2) is 5.86. The fraction of sp³-hybridized carbons (Fsp3) is 0.200. The van der Waals surface area contributed by atoms with Gasteiger partial charge in [0.1, 0.15) is 17.4 Å². The molecular formula is C10H12N2O7S. The summed E-state index contributed by atoms with van der Waals surface area (Å²) in [4.78, 5) is 20.9. The van der Waals surface area contributed by atoms with E-state index in [1.165, 1.54) is 0 Å². The van der Waals surface area contributed by atoms with Gasteiger partial charge in [-0.25, -0.2) is 17.9 Å². The molecule has 1 aromatic carbocycles. The topological polar surface area (TPSA) is 167 Å². The van der Waals surface area contributed by atoms with Gasteiger partial charge in [0.15, 0.2) is 0 Å². The molecule has 1 aromatic rings. The molecule has 110 valence electrons. The van der Waals surface area contributed by atoms with Gasteiger partial charge in [-0.05, 0) is 18.2 Å². The van der Waals surface area contributed by atoms with Crippen LogP contribution in [0.15, 0.2) is 23.1 Å². The van der Waals surface area contributed by atoms with E-state index in [9.17, 15) is 23.1 Å². The number of phenols is 1. The van der Waals surface area contributed by atoms with Crippen molar-refractivity contribution in [2.24, 2.45) is 5.73 Å². The van der Waals surface area contributed by atoms with Crippen LogP contribution in [0.1, 0.15) is 10.4 Å². The summed E-state index contributed by atoms with van der Waals surface area (Å²) in [5, 5.41) is 27.1. The first-order valence-corrected chi connectivity index (χ1v) is 6.67. The lowest BCUT2D eigenvalue weighted by molar-refractivity contribution is -0.125. The van der Waals surface area contributed by atoms with Gasteiger partial charge in [0.2, 0.25) is 15.9 Å². The molecule has 20 heavy (non-hydrogen) atoms. The quantitative estimate of drug-likeness (QED) is 0.414. The molecule has 1 amide bonds. The minimum atomic E-state index is -4.15. The first-order valence-electron chi connectivity index (χ1n) is 5.18. The zero-order chi connectivity index (χ0) is 15.5. The maximum absolute atomic E-state index is 11.8. The van der Waals surface area contributed by atoms with Crippen LogP contribution >= 0.6 is 0 Å². The summed E-state index contributed by atoms with van der Waals surface area (Å²) in [6.45, 7) is -0.652. The van der Waals surface area contributed by atoms with Crippen LogP contribution in [0.2, 0.25) is 0 Å². The van der Waals surface area contributed by atoms with E-state index in [1.54, 1.807) is 0 Å². The van der Waals surface area contributed by atoms with Crippen molar-refractivity contribution in [3.63, 3.8) is 0 Å². The molecule has 9 nitrogen and oxygen atoms in total. The smallest absolute Gasteiger partial charge is 0.339 e. The highest BCUT2D eigenvalue weighted by atomic mass is 32.2. The van der Waals surface area contributed by atoms with Crippen molar-refractivity contribution in [2.75, 3.05) is 6.54 Å². The van der Waals surface area contributed by atoms with Gasteiger partial charge < -0.3 is 21.1 Å². The maximum Gasteiger partial charge on any atom is 0.339 e. The third-order valence-corrected chi connectivity index (χ3v) is 3.73. The fourth-order valence-electron chi connectivity index (χ4n) is 1.23. The fourth-order valence-corrected chi connectivity index (χ4v) is 2.29. The number of aromatic hydroxyl groups is 1. The molecule has 1 atom stereocenters. The number of aliphatic hydroxyl groups is 1. The average Bonchev–Trinajstić information content (AvgIpc) is 2.35. The monoisotopic (exact) mass is 304 g/mol. The van der Waals surface area contributed by atoms with Crippen molar-refractivity contribution in [1.29, 1.82) is 0 Å². The summed E-state index contributed by atoms with van der Waals surface area (Å²) in [6, 6.07) is 2.62. The number of nitrogens with one attached hydrogen (secondary N) is 1. The molecule has 0 radical (unpaired) electrons. The Morgan fingerprint density at radius 3 is 2.45 bits per heavy atom. The zero-order valence-electron chi connectivity index (χ0n) is 9.98. The molecule has 0 aliphatic heterocycles. The van der Waals surface area contributed by atoms with Crippen molar-refractivity contribution in [3.05, 3.63) is 23.8 Å². The van der Waals surface area contributed by atoms with Gasteiger partial charge in [0.05, 0.1) is 4.90 Å². The van der Waals surface area contributed by atoms with E-state index >= 15 is 0 Å². The predicted molar refractivity (Wildman–Crippen MR) is 65.5 cm³/mol. The molecule has 0 fully saturated rings. The largest absolute Gasteiger partial charge is 0.507 e. The highest BCUT2D eigenvalue weighted by molar-refractivity contribution is 7.89. The molecule has 0 aromatic heterocycles. The second-order valence-electron chi connectivity index (χ2n) is 3.75. The van der Waals surface area contributed by atoms with Crippen molar-refractivity contribution in [3.8, 4) is 5.75 Å². The van der Waals surface area contributed by atoms with Gasteiger partial charge in [-0.2, -0.15) is 0 Å². The summed E-state index contributed by atoms with van der Waals surface area (Å²) in [6.07, 6.45) is -1.71. The zero-order valence-corrected chi connectivity index (χ0v) is 10.8. The van der Waals surface area contributed by atoms with Crippen LogP contribution in [0.4, 0.5) is 0 Å². The van der Waals surface area contributed by atoms with Crippen molar-refractivity contribution in [2.45, 2.75) is 11.0 Å². The first-order chi connectivity index (χ1) is 9.15. The number of primary amides is 1. The van der Waals surface area contributed by atoms with Crippen LogP contribution in [0, 0.1) is 0 Å². The van der Waals surface area contributed by atoms with E-state index < -0.39 is 50.8 Å². The molecule has 0 spiro atoms. The molecule has 0 saturated heterocycles. The number of carboxylic acid groups (broad SMARTS) is 1. The van der Waals surface area contributed by atoms with E-state index in [-0.39, 0.29) is 0 Å². The highest BCUT2D eigenvalue weighted by Gasteiger charge is 2.21. The third kappa shape index (κ3) is 3.66. The standard InChI is InChI=1S/C10H12N2O7S/c11-9(15)8(14)4-12-20(18,19)5-1-2-7(13)6(3-5)10(16)17/h1-3,8,12-14H,4H2,(H2,11,15)(H,16,17). The maximum atomic E-state index is 11.8. The average molecular weight is 304 g/mol. The Kier molecular flexibility index (Phi) is 4.65. The minimum Gasteiger partial charge on any atom is -0.507 e. The van der Waals surface area contributed by atoms with Crippen molar-refractivity contribution < 1.29 is 33.3 Å². The van der Waals surface area contributed by atoms with E-state index in [1.807, 2.05) is 4.72 Å². The van der Waals surface area contributed by atoms with Crippen molar-refractivity contribution >= 4 is 21.9 Å². The molecule has 10 heteroatoms. The molecule has 6 N–H and O–H groups in total. The Labute approximate surface area is 113 Å². The molecule has 0 aliphatic rings. The lowest BCUT2D eigenvalue weighted by Gasteiger charge is -2.10. The summed E-state index contributed by atoms with van der Waals surface area (Å²) in [5.41, 5.74) is 4.16. The second-order valence-corrected chi connectivity index (χ2v) is 5.52. The number of amides is 1. The number of rotatable bonds is 6. The van der Waals surface area contributed by atoms with Crippen molar-refractivity contribution in [1.82, 2.24) is 4.72 Å². The van der Waals surface area contributed by atoms with E-state index in [0.717, 1.165) is 18.2 Å². The SMILES string of the molecule is NC(=O)C(O)CNS(=O)(=O)c1ccc(O)c(C(=O)O)c1. The number of carbonyl (C=O) groups excluding carboxylic acids is 1. The lowest BCUT2D eigenvalue weighted by atomic mass is 10.2.